The molecule has 1 heterocycles. The summed E-state index contributed by atoms with van der Waals surface area (Å²) in [5.74, 6) is 1.24. The molecule has 0 saturated carbocycles. The van der Waals surface area contributed by atoms with Crippen molar-refractivity contribution >= 4 is 39.9 Å². The molecular formula is C20H24N2O3S2. The quantitative estimate of drug-likeness (QED) is 0.733. The van der Waals surface area contributed by atoms with Gasteiger partial charge in [-0.2, -0.15) is 0 Å². The molecule has 0 aliphatic heterocycles. The van der Waals surface area contributed by atoms with Gasteiger partial charge in [-0.3, -0.25) is 9.59 Å². The molecule has 7 heteroatoms. The number of hydrogen-bond acceptors (Lipinski definition) is 5. The minimum atomic E-state index is -0.457. The number of nitrogens with two attached hydrogens (primary N) is 1. The Labute approximate surface area is 167 Å². The number of hydrogen-bond donors (Lipinski definition) is 2. The Morgan fingerprint density at radius 2 is 2.07 bits per heavy atom. The van der Waals surface area contributed by atoms with Crippen molar-refractivity contribution in [2.24, 2.45) is 5.73 Å². The molecule has 0 saturated heterocycles. The van der Waals surface area contributed by atoms with Crippen LogP contribution in [0.5, 0.6) is 5.75 Å². The normalized spacial score (nSPS) is 13.1. The van der Waals surface area contributed by atoms with Gasteiger partial charge in [0.1, 0.15) is 10.8 Å². The second-order valence-electron chi connectivity index (χ2n) is 6.64. The van der Waals surface area contributed by atoms with Gasteiger partial charge in [-0.1, -0.05) is 17.7 Å². The van der Waals surface area contributed by atoms with E-state index in [1.807, 2.05) is 19.1 Å². The Bertz CT molecular complexity index is 861. The Hall–Kier alpha value is -1.99. The van der Waals surface area contributed by atoms with E-state index in [1.165, 1.54) is 28.0 Å². The van der Waals surface area contributed by atoms with Crippen LogP contribution < -0.4 is 15.8 Å². The summed E-state index contributed by atoms with van der Waals surface area (Å²) >= 11 is 3.01. The van der Waals surface area contributed by atoms with E-state index in [0.717, 1.165) is 48.1 Å². The number of fused-ring (bicyclic) bond motifs is 1. The number of carbonyl (C=O) groups excluding carboxylic acids is 2. The maximum Gasteiger partial charge on any atom is 0.251 e. The van der Waals surface area contributed by atoms with Crippen LogP contribution in [0.1, 0.15) is 44.8 Å². The van der Waals surface area contributed by atoms with Crippen molar-refractivity contribution in [2.75, 3.05) is 18.2 Å². The van der Waals surface area contributed by atoms with Crippen LogP contribution in [-0.4, -0.2) is 24.7 Å². The zero-order valence-electron chi connectivity index (χ0n) is 15.6. The fourth-order valence-electron chi connectivity index (χ4n) is 3.35. The Morgan fingerprint density at radius 3 is 2.81 bits per heavy atom. The van der Waals surface area contributed by atoms with Gasteiger partial charge >= 0.3 is 0 Å². The average Bonchev–Trinajstić information content (AvgIpc) is 2.99. The van der Waals surface area contributed by atoms with Gasteiger partial charge in [0, 0.05) is 16.2 Å². The number of amides is 2. The Kier molecular flexibility index (Phi) is 6.44. The highest BCUT2D eigenvalue weighted by atomic mass is 32.2. The van der Waals surface area contributed by atoms with Crippen LogP contribution >= 0.6 is 23.1 Å². The standard InChI is InChI=1S/C20H24N2O3S2/c1-12-7-8-15(25-2)13(9-12)10-26-11-17(23)22-20-18(19(21)24)14-5-3-4-6-16(14)27-20/h7-9H,3-6,10-11H2,1-2H3,(H2,21,24)(H,22,23). The fraction of sp³-hybridized carbons (Fsp3) is 0.400. The molecule has 1 aromatic heterocycles. The predicted molar refractivity (Wildman–Crippen MR) is 112 cm³/mol. The topological polar surface area (TPSA) is 81.4 Å². The first-order chi connectivity index (χ1) is 13.0. The molecule has 2 aromatic rings. The van der Waals surface area contributed by atoms with E-state index in [2.05, 4.69) is 11.4 Å². The number of rotatable bonds is 7. The van der Waals surface area contributed by atoms with Gasteiger partial charge in [0.2, 0.25) is 5.91 Å². The van der Waals surface area contributed by atoms with Gasteiger partial charge in [0.25, 0.3) is 5.91 Å². The number of ether oxygens (including phenoxy) is 1. The summed E-state index contributed by atoms with van der Waals surface area (Å²) in [7, 11) is 1.65. The van der Waals surface area contributed by atoms with Crippen LogP contribution in [0.15, 0.2) is 18.2 Å². The van der Waals surface area contributed by atoms with E-state index < -0.39 is 5.91 Å². The highest BCUT2D eigenvalue weighted by Gasteiger charge is 2.24. The summed E-state index contributed by atoms with van der Waals surface area (Å²) in [6, 6.07) is 6.02. The lowest BCUT2D eigenvalue weighted by atomic mass is 9.95. The number of thioether (sulfide) groups is 1. The second kappa shape index (κ2) is 8.80. The SMILES string of the molecule is COc1ccc(C)cc1CSCC(=O)Nc1sc2c(c1C(N)=O)CCCC2. The minimum Gasteiger partial charge on any atom is -0.496 e. The van der Waals surface area contributed by atoms with Gasteiger partial charge in [-0.25, -0.2) is 0 Å². The van der Waals surface area contributed by atoms with Crippen LogP contribution in [0.2, 0.25) is 0 Å². The molecule has 0 unspecified atom stereocenters. The van der Waals surface area contributed by atoms with Crippen molar-refractivity contribution < 1.29 is 14.3 Å². The van der Waals surface area contributed by atoms with Crippen LogP contribution in [-0.2, 0) is 23.4 Å². The molecule has 2 amide bonds. The first kappa shape index (κ1) is 19.8. The van der Waals surface area contributed by atoms with Crippen LogP contribution in [0.25, 0.3) is 0 Å². The average molecular weight is 405 g/mol. The number of nitrogens with one attached hydrogen (secondary N) is 1. The van der Waals surface area contributed by atoms with E-state index in [4.69, 9.17) is 10.5 Å². The number of anilines is 1. The molecule has 144 valence electrons. The molecule has 3 rings (SSSR count). The van der Waals surface area contributed by atoms with E-state index >= 15 is 0 Å². The van der Waals surface area contributed by atoms with E-state index in [9.17, 15) is 9.59 Å². The minimum absolute atomic E-state index is 0.118. The van der Waals surface area contributed by atoms with Crippen LogP contribution in [0, 0.1) is 6.92 Å². The zero-order valence-corrected chi connectivity index (χ0v) is 17.2. The summed E-state index contributed by atoms with van der Waals surface area (Å²) < 4.78 is 5.38. The summed E-state index contributed by atoms with van der Waals surface area (Å²) in [5, 5.41) is 3.51. The van der Waals surface area contributed by atoms with Gasteiger partial charge in [0.05, 0.1) is 18.4 Å². The third-order valence-corrected chi connectivity index (χ3v) is 6.79. The highest BCUT2D eigenvalue weighted by Crippen LogP contribution is 2.38. The monoisotopic (exact) mass is 404 g/mol. The predicted octanol–water partition coefficient (Wildman–Crippen LogP) is 3.91. The number of methoxy groups -OCH3 is 1. The smallest absolute Gasteiger partial charge is 0.251 e. The largest absolute Gasteiger partial charge is 0.496 e. The molecule has 3 N–H and O–H groups in total. The van der Waals surface area contributed by atoms with Crippen LogP contribution in [0.4, 0.5) is 5.00 Å². The summed E-state index contributed by atoms with van der Waals surface area (Å²) in [6.45, 7) is 2.03. The molecule has 1 aromatic carbocycles. The number of thiophene rings is 1. The Morgan fingerprint density at radius 1 is 1.30 bits per heavy atom. The molecule has 1 aliphatic carbocycles. The third-order valence-electron chi connectivity index (χ3n) is 4.60. The molecule has 0 fully saturated rings. The van der Waals surface area contributed by atoms with Crippen molar-refractivity contribution in [2.45, 2.75) is 38.4 Å². The molecule has 0 atom stereocenters. The van der Waals surface area contributed by atoms with Crippen molar-refractivity contribution in [1.29, 1.82) is 0 Å². The molecule has 0 bridgehead atoms. The maximum absolute atomic E-state index is 12.4. The van der Waals surface area contributed by atoms with Crippen molar-refractivity contribution in [1.82, 2.24) is 0 Å². The fourth-order valence-corrected chi connectivity index (χ4v) is 5.47. The molecular weight excluding hydrogens is 380 g/mol. The summed E-state index contributed by atoms with van der Waals surface area (Å²) in [4.78, 5) is 25.5. The first-order valence-corrected chi connectivity index (χ1v) is 10.9. The molecule has 0 radical (unpaired) electrons. The lowest BCUT2D eigenvalue weighted by Gasteiger charge is -2.11. The number of aryl methyl sites for hydroxylation is 2. The molecule has 27 heavy (non-hydrogen) atoms. The van der Waals surface area contributed by atoms with E-state index in [1.54, 1.807) is 7.11 Å². The maximum atomic E-state index is 12.4. The summed E-state index contributed by atoms with van der Waals surface area (Å²) in [6.07, 6.45) is 4.00. The van der Waals surface area contributed by atoms with Gasteiger partial charge < -0.3 is 15.8 Å². The lowest BCUT2D eigenvalue weighted by Crippen LogP contribution is -2.19. The highest BCUT2D eigenvalue weighted by molar-refractivity contribution is 7.99. The van der Waals surface area contributed by atoms with E-state index in [0.29, 0.717) is 22.1 Å². The van der Waals surface area contributed by atoms with Crippen molar-refractivity contribution in [3.05, 3.63) is 45.3 Å². The third kappa shape index (κ3) is 4.65. The second-order valence-corrected chi connectivity index (χ2v) is 8.73. The van der Waals surface area contributed by atoms with Crippen molar-refractivity contribution in [3.8, 4) is 5.75 Å². The summed E-state index contributed by atoms with van der Waals surface area (Å²) in [5.41, 5.74) is 9.35. The molecule has 0 spiro atoms. The lowest BCUT2D eigenvalue weighted by molar-refractivity contribution is -0.113. The van der Waals surface area contributed by atoms with Gasteiger partial charge in [0.15, 0.2) is 0 Å². The van der Waals surface area contributed by atoms with Gasteiger partial charge in [-0.05, 0) is 44.2 Å². The Balaban J connectivity index is 1.63. The van der Waals surface area contributed by atoms with Crippen LogP contribution in [0.3, 0.4) is 0 Å². The molecule has 1 aliphatic rings. The van der Waals surface area contributed by atoms with E-state index in [-0.39, 0.29) is 5.91 Å². The zero-order chi connectivity index (χ0) is 19.4. The van der Waals surface area contributed by atoms with Crippen molar-refractivity contribution in [3.63, 3.8) is 0 Å². The number of primary amides is 1. The number of benzene rings is 1. The van der Waals surface area contributed by atoms with Gasteiger partial charge in [-0.15, -0.1) is 23.1 Å². The molecule has 5 nitrogen and oxygen atoms in total. The number of carbonyl (C=O) groups is 2. The first-order valence-electron chi connectivity index (χ1n) is 8.95.